The van der Waals surface area contributed by atoms with Crippen molar-refractivity contribution < 1.29 is 17.6 Å². The molecule has 5 rings (SSSR count). The summed E-state index contributed by atoms with van der Waals surface area (Å²) in [6, 6.07) is 25.1. The Hall–Kier alpha value is -3.79. The molecule has 5 aromatic rings. The quantitative estimate of drug-likeness (QED) is 0.218. The van der Waals surface area contributed by atoms with Gasteiger partial charge in [-0.2, -0.15) is 4.31 Å². The number of hydrogen-bond acceptors (Lipinski definition) is 6. The van der Waals surface area contributed by atoms with Crippen LogP contribution in [-0.4, -0.2) is 30.2 Å². The molecule has 0 atom stereocenters. The Kier molecular flexibility index (Phi) is 7.42. The molecule has 0 aliphatic heterocycles. The zero-order valence-electron chi connectivity index (χ0n) is 21.1. The molecule has 1 amide bonds. The minimum atomic E-state index is -3.74. The van der Waals surface area contributed by atoms with Crippen LogP contribution in [0.5, 0.6) is 0 Å². The number of carbonyl (C=O) groups excluding carboxylic acids is 1. The maximum absolute atomic E-state index is 13.7. The van der Waals surface area contributed by atoms with Crippen LogP contribution in [0.15, 0.2) is 101 Å². The van der Waals surface area contributed by atoms with E-state index in [1.54, 1.807) is 35.4 Å². The van der Waals surface area contributed by atoms with E-state index in [-0.39, 0.29) is 23.9 Å². The summed E-state index contributed by atoms with van der Waals surface area (Å²) in [4.78, 5) is 20.1. The van der Waals surface area contributed by atoms with Gasteiger partial charge in [-0.25, -0.2) is 13.4 Å². The van der Waals surface area contributed by atoms with Crippen LogP contribution in [0.1, 0.15) is 34.2 Å². The van der Waals surface area contributed by atoms with E-state index in [2.05, 4.69) is 0 Å². The highest BCUT2D eigenvalue weighted by atomic mass is 32.2. The topological polar surface area (TPSA) is 83.7 Å². The van der Waals surface area contributed by atoms with E-state index in [9.17, 15) is 13.2 Å². The Balaban J connectivity index is 1.43. The Labute approximate surface area is 226 Å². The minimum Gasteiger partial charge on any atom is -0.467 e. The molecule has 0 radical (unpaired) electrons. The summed E-state index contributed by atoms with van der Waals surface area (Å²) < 4.78 is 34.6. The van der Waals surface area contributed by atoms with Gasteiger partial charge in [0.25, 0.3) is 5.91 Å². The van der Waals surface area contributed by atoms with Crippen molar-refractivity contribution in [3.05, 3.63) is 114 Å². The fourth-order valence-corrected chi connectivity index (χ4v) is 6.65. The molecule has 0 saturated carbocycles. The molecule has 38 heavy (non-hydrogen) atoms. The first-order valence-corrected chi connectivity index (χ1v) is 14.5. The number of furan rings is 1. The molecule has 194 valence electrons. The molecule has 0 fully saturated rings. The fourth-order valence-electron chi connectivity index (χ4n) is 4.15. The lowest BCUT2D eigenvalue weighted by Crippen LogP contribution is -2.31. The number of fused-ring (bicyclic) bond motifs is 1. The highest BCUT2D eigenvalue weighted by Crippen LogP contribution is 2.32. The van der Waals surface area contributed by atoms with Crippen LogP contribution in [0.4, 0.5) is 5.13 Å². The molecule has 9 heteroatoms. The smallest absolute Gasteiger partial charge is 0.260 e. The molecule has 0 N–H and O–H groups in total. The third-order valence-corrected chi connectivity index (χ3v) is 9.17. The van der Waals surface area contributed by atoms with Gasteiger partial charge in [0.05, 0.1) is 27.9 Å². The van der Waals surface area contributed by atoms with Gasteiger partial charge < -0.3 is 4.42 Å². The molecular weight excluding hydrogens is 518 g/mol. The van der Waals surface area contributed by atoms with Crippen molar-refractivity contribution in [2.75, 3.05) is 11.4 Å². The molecule has 0 aliphatic carbocycles. The number of thiazole rings is 1. The molecule has 0 saturated heterocycles. The number of hydrogen-bond donors (Lipinski definition) is 0. The number of aromatic nitrogens is 1. The standard InChI is InChI=1S/C29H27N3O4S2/c1-3-31(19-22-8-5-4-6-9-22)38(34,35)25-14-12-23(13-15-25)28(33)32(20-24-10-7-17-36-24)29-30-26-16-11-21(2)18-27(26)37-29/h4-18H,3,19-20H2,1-2H3. The summed E-state index contributed by atoms with van der Waals surface area (Å²) >= 11 is 1.43. The van der Waals surface area contributed by atoms with Gasteiger partial charge in [0.1, 0.15) is 5.76 Å². The highest BCUT2D eigenvalue weighted by Gasteiger charge is 2.26. The monoisotopic (exact) mass is 545 g/mol. The first-order chi connectivity index (χ1) is 18.3. The second-order valence-corrected chi connectivity index (χ2v) is 11.8. The first kappa shape index (κ1) is 25.8. The van der Waals surface area contributed by atoms with Crippen LogP contribution in [0.25, 0.3) is 10.2 Å². The van der Waals surface area contributed by atoms with Gasteiger partial charge in [-0.15, -0.1) is 0 Å². The van der Waals surface area contributed by atoms with Crippen molar-refractivity contribution in [3.8, 4) is 0 Å². The number of amides is 1. The van der Waals surface area contributed by atoms with E-state index >= 15 is 0 Å². The maximum atomic E-state index is 13.7. The zero-order valence-corrected chi connectivity index (χ0v) is 22.7. The molecule has 0 bridgehead atoms. The van der Waals surface area contributed by atoms with Gasteiger partial charge in [-0.3, -0.25) is 9.69 Å². The number of benzene rings is 3. The largest absolute Gasteiger partial charge is 0.467 e. The number of anilines is 1. The van der Waals surface area contributed by atoms with E-state index in [0.717, 1.165) is 21.3 Å². The van der Waals surface area contributed by atoms with Crippen LogP contribution in [0, 0.1) is 6.92 Å². The SMILES string of the molecule is CCN(Cc1ccccc1)S(=O)(=O)c1ccc(C(=O)N(Cc2ccco2)c2nc3ccc(C)cc3s2)cc1. The lowest BCUT2D eigenvalue weighted by molar-refractivity contribution is 0.0983. The number of carbonyl (C=O) groups is 1. The van der Waals surface area contributed by atoms with Crippen LogP contribution in [-0.2, 0) is 23.1 Å². The normalized spacial score (nSPS) is 11.8. The van der Waals surface area contributed by atoms with Crippen LogP contribution in [0.3, 0.4) is 0 Å². The summed E-state index contributed by atoms with van der Waals surface area (Å²) in [5.74, 6) is 0.324. The second kappa shape index (κ2) is 10.9. The maximum Gasteiger partial charge on any atom is 0.260 e. The van der Waals surface area contributed by atoms with Gasteiger partial charge in [0.15, 0.2) is 5.13 Å². The van der Waals surface area contributed by atoms with Crippen molar-refractivity contribution in [2.45, 2.75) is 31.8 Å². The summed E-state index contributed by atoms with van der Waals surface area (Å²) in [7, 11) is -3.74. The van der Waals surface area contributed by atoms with Gasteiger partial charge >= 0.3 is 0 Å². The zero-order chi connectivity index (χ0) is 26.7. The van der Waals surface area contributed by atoms with E-state index < -0.39 is 10.0 Å². The number of sulfonamides is 1. The second-order valence-electron chi connectivity index (χ2n) is 8.88. The molecule has 2 heterocycles. The molecule has 0 unspecified atom stereocenters. The first-order valence-electron chi connectivity index (χ1n) is 12.2. The van der Waals surface area contributed by atoms with Crippen LogP contribution < -0.4 is 4.90 Å². The van der Waals surface area contributed by atoms with Crippen molar-refractivity contribution in [3.63, 3.8) is 0 Å². The third-order valence-electron chi connectivity index (χ3n) is 6.20. The molecule has 7 nitrogen and oxygen atoms in total. The van der Waals surface area contributed by atoms with Gasteiger partial charge in [-0.05, 0) is 66.6 Å². The summed E-state index contributed by atoms with van der Waals surface area (Å²) in [6.45, 7) is 4.62. The lowest BCUT2D eigenvalue weighted by Gasteiger charge is -2.21. The predicted octanol–water partition coefficient (Wildman–Crippen LogP) is 6.26. The predicted molar refractivity (Wildman–Crippen MR) is 150 cm³/mol. The van der Waals surface area contributed by atoms with Crippen molar-refractivity contribution in [1.82, 2.24) is 9.29 Å². The Morgan fingerprint density at radius 2 is 1.71 bits per heavy atom. The van der Waals surface area contributed by atoms with Crippen molar-refractivity contribution in [1.29, 1.82) is 0 Å². The van der Waals surface area contributed by atoms with Gasteiger partial charge in [0, 0.05) is 18.7 Å². The number of nitrogens with zero attached hydrogens (tertiary/aromatic N) is 3. The molecule has 2 aromatic heterocycles. The highest BCUT2D eigenvalue weighted by molar-refractivity contribution is 7.89. The Bertz CT molecular complexity index is 1650. The lowest BCUT2D eigenvalue weighted by atomic mass is 10.2. The van der Waals surface area contributed by atoms with E-state index in [0.29, 0.717) is 23.0 Å². The average molecular weight is 546 g/mol. The van der Waals surface area contributed by atoms with Crippen molar-refractivity contribution in [2.24, 2.45) is 0 Å². The summed E-state index contributed by atoms with van der Waals surface area (Å²) in [6.07, 6.45) is 1.56. The van der Waals surface area contributed by atoms with Gasteiger partial charge in [-0.1, -0.05) is 54.7 Å². The molecule has 3 aromatic carbocycles. The fraction of sp³-hybridized carbons (Fsp3) is 0.172. The van der Waals surface area contributed by atoms with Gasteiger partial charge in [0.2, 0.25) is 10.0 Å². The average Bonchev–Trinajstić information content (AvgIpc) is 3.60. The van der Waals surface area contributed by atoms with E-state index in [4.69, 9.17) is 9.40 Å². The minimum absolute atomic E-state index is 0.139. The Morgan fingerprint density at radius 3 is 2.39 bits per heavy atom. The van der Waals surface area contributed by atoms with Crippen molar-refractivity contribution >= 4 is 42.6 Å². The summed E-state index contributed by atoms with van der Waals surface area (Å²) in [5, 5.41) is 0.545. The van der Waals surface area contributed by atoms with Crippen LogP contribution in [0.2, 0.25) is 0 Å². The summed E-state index contributed by atoms with van der Waals surface area (Å²) in [5.41, 5.74) is 3.19. The third kappa shape index (κ3) is 5.40. The molecular formula is C29H27N3O4S2. The number of aryl methyl sites for hydroxylation is 1. The molecule has 0 aliphatic rings. The number of rotatable bonds is 9. The van der Waals surface area contributed by atoms with E-state index in [1.807, 2.05) is 62.4 Å². The van der Waals surface area contributed by atoms with Crippen LogP contribution >= 0.6 is 11.3 Å². The Morgan fingerprint density at radius 1 is 0.947 bits per heavy atom. The van der Waals surface area contributed by atoms with E-state index in [1.165, 1.54) is 27.8 Å². The molecule has 0 spiro atoms.